The molecule has 0 radical (unpaired) electrons. The molecular formula is C29H43N3O3. The van der Waals surface area contributed by atoms with Gasteiger partial charge in [0.05, 0.1) is 24.2 Å². The Labute approximate surface area is 209 Å². The summed E-state index contributed by atoms with van der Waals surface area (Å²) in [5.41, 5.74) is 2.83. The van der Waals surface area contributed by atoms with Gasteiger partial charge in [0.25, 0.3) is 0 Å². The molecule has 0 bridgehead atoms. The summed E-state index contributed by atoms with van der Waals surface area (Å²) < 4.78 is 15.8. The van der Waals surface area contributed by atoms with Crippen molar-refractivity contribution in [3.05, 3.63) is 34.7 Å². The van der Waals surface area contributed by atoms with Gasteiger partial charge in [0.1, 0.15) is 6.10 Å². The summed E-state index contributed by atoms with van der Waals surface area (Å²) in [5, 5.41) is 0. The minimum atomic E-state index is -0.575. The zero-order valence-corrected chi connectivity index (χ0v) is 21.7. The van der Waals surface area contributed by atoms with Gasteiger partial charge in [-0.15, -0.1) is 0 Å². The minimum Gasteiger partial charge on any atom is -0.348 e. The van der Waals surface area contributed by atoms with E-state index in [1.807, 2.05) is 24.5 Å². The van der Waals surface area contributed by atoms with Crippen molar-refractivity contribution in [3.8, 4) is 0 Å². The van der Waals surface area contributed by atoms with Crippen molar-refractivity contribution in [2.75, 3.05) is 26.2 Å². The molecule has 4 aliphatic rings. The molecule has 2 saturated heterocycles. The van der Waals surface area contributed by atoms with Crippen molar-refractivity contribution in [2.24, 2.45) is 11.3 Å². The highest BCUT2D eigenvalue weighted by Crippen LogP contribution is 2.52. The third-order valence-corrected chi connectivity index (χ3v) is 9.67. The number of para-hydroxylation sites is 2. The van der Waals surface area contributed by atoms with Gasteiger partial charge >= 0.3 is 5.69 Å². The molecule has 1 aromatic heterocycles. The maximum atomic E-state index is 13.7. The second-order valence-electron chi connectivity index (χ2n) is 12.2. The molecule has 1 spiro atoms. The highest BCUT2D eigenvalue weighted by Gasteiger charge is 2.43. The van der Waals surface area contributed by atoms with Crippen molar-refractivity contribution in [1.29, 1.82) is 0 Å². The number of fused-ring (bicyclic) bond motifs is 1. The molecule has 2 saturated carbocycles. The fourth-order valence-electron chi connectivity index (χ4n) is 7.89. The predicted octanol–water partition coefficient (Wildman–Crippen LogP) is 5.34. The molecular weight excluding hydrogens is 438 g/mol. The quantitative estimate of drug-likeness (QED) is 0.578. The van der Waals surface area contributed by atoms with Gasteiger partial charge in [-0.3, -0.25) is 9.13 Å². The van der Waals surface area contributed by atoms with Crippen LogP contribution in [0, 0.1) is 11.3 Å². The largest absolute Gasteiger partial charge is 0.348 e. The maximum Gasteiger partial charge on any atom is 0.329 e. The first-order valence-corrected chi connectivity index (χ1v) is 14.2. The van der Waals surface area contributed by atoms with Crippen molar-refractivity contribution in [3.63, 3.8) is 0 Å². The Hall–Kier alpha value is -1.63. The van der Waals surface area contributed by atoms with Gasteiger partial charge in [0, 0.05) is 25.7 Å². The van der Waals surface area contributed by atoms with Gasteiger partial charge in [-0.25, -0.2) is 4.79 Å². The number of benzene rings is 1. The first kappa shape index (κ1) is 23.7. The zero-order valence-electron chi connectivity index (χ0n) is 21.7. The summed E-state index contributed by atoms with van der Waals surface area (Å²) >= 11 is 0. The van der Waals surface area contributed by atoms with Crippen molar-refractivity contribution in [1.82, 2.24) is 14.0 Å². The van der Waals surface area contributed by atoms with E-state index in [4.69, 9.17) is 9.47 Å². The average Bonchev–Trinajstić information content (AvgIpc) is 3.53. The van der Waals surface area contributed by atoms with Crippen molar-refractivity contribution in [2.45, 2.75) is 103 Å². The fourth-order valence-corrected chi connectivity index (χ4v) is 7.89. The summed E-state index contributed by atoms with van der Waals surface area (Å²) in [5.74, 6) is 0.312. The van der Waals surface area contributed by atoms with Crippen molar-refractivity contribution >= 4 is 11.0 Å². The molecule has 2 atom stereocenters. The highest BCUT2D eigenvalue weighted by atomic mass is 16.7. The molecule has 2 aliphatic carbocycles. The highest BCUT2D eigenvalue weighted by molar-refractivity contribution is 5.76. The van der Waals surface area contributed by atoms with Gasteiger partial charge in [-0.05, 0) is 75.8 Å². The van der Waals surface area contributed by atoms with Gasteiger partial charge in [0.15, 0.2) is 5.79 Å². The summed E-state index contributed by atoms with van der Waals surface area (Å²) in [4.78, 5) is 16.4. The number of piperidine rings is 1. The first-order valence-electron chi connectivity index (χ1n) is 14.2. The molecule has 6 nitrogen and oxygen atoms in total. The Bertz CT molecular complexity index is 1090. The maximum absolute atomic E-state index is 13.7. The zero-order chi connectivity index (χ0) is 24.0. The van der Waals surface area contributed by atoms with E-state index in [-0.39, 0.29) is 17.8 Å². The van der Waals surface area contributed by atoms with Crippen LogP contribution in [-0.4, -0.2) is 52.2 Å². The van der Waals surface area contributed by atoms with Crippen LogP contribution in [0.3, 0.4) is 0 Å². The van der Waals surface area contributed by atoms with Gasteiger partial charge in [0.2, 0.25) is 0 Å². The van der Waals surface area contributed by atoms with E-state index < -0.39 is 5.79 Å². The molecule has 2 aromatic rings. The standard InChI is InChI=1S/C29H43N3O3/c1-28(2)34-21-24(35-28)20-31-25-10-3-4-11-26(25)32(27(31)33)23-12-17-30(18-13-23)19-22-9-5-6-14-29(22)15-7-8-16-29/h3-4,10-11,22-24H,5-9,12-21H2,1-2H3/t22?,24-/m1/s1. The Morgan fingerprint density at radius 3 is 2.29 bits per heavy atom. The molecule has 6 heteroatoms. The monoisotopic (exact) mass is 481 g/mol. The lowest BCUT2D eigenvalue weighted by atomic mass is 9.65. The number of rotatable bonds is 5. The Morgan fingerprint density at radius 2 is 1.60 bits per heavy atom. The average molecular weight is 482 g/mol. The number of nitrogens with zero attached hydrogens (tertiary/aromatic N) is 3. The van der Waals surface area contributed by atoms with Crippen LogP contribution < -0.4 is 5.69 Å². The van der Waals surface area contributed by atoms with Crippen LogP contribution in [-0.2, 0) is 16.0 Å². The Balaban J connectivity index is 1.17. The fraction of sp³-hybridized carbons (Fsp3) is 0.759. The van der Waals surface area contributed by atoms with Crippen LogP contribution in [0.2, 0.25) is 0 Å². The van der Waals surface area contributed by atoms with E-state index in [2.05, 4.69) is 27.7 Å². The molecule has 192 valence electrons. The molecule has 35 heavy (non-hydrogen) atoms. The number of likely N-dealkylation sites (tertiary alicyclic amines) is 1. The molecule has 4 fully saturated rings. The normalized spacial score (nSPS) is 29.4. The van der Waals surface area contributed by atoms with E-state index in [0.29, 0.717) is 18.6 Å². The lowest BCUT2D eigenvalue weighted by Gasteiger charge is -2.45. The van der Waals surface area contributed by atoms with E-state index in [1.165, 1.54) is 57.9 Å². The molecule has 1 unspecified atom stereocenters. The van der Waals surface area contributed by atoms with Gasteiger partial charge < -0.3 is 14.4 Å². The molecule has 6 rings (SSSR count). The summed E-state index contributed by atoms with van der Waals surface area (Å²) in [6.07, 6.45) is 13.6. The van der Waals surface area contributed by atoms with Crippen molar-refractivity contribution < 1.29 is 9.47 Å². The van der Waals surface area contributed by atoms with Gasteiger partial charge in [-0.2, -0.15) is 0 Å². The molecule has 0 N–H and O–H groups in total. The van der Waals surface area contributed by atoms with E-state index in [9.17, 15) is 4.79 Å². The topological polar surface area (TPSA) is 48.6 Å². The van der Waals surface area contributed by atoms with Gasteiger partial charge in [-0.1, -0.05) is 37.8 Å². The lowest BCUT2D eigenvalue weighted by molar-refractivity contribution is -0.139. The van der Waals surface area contributed by atoms with E-state index in [0.717, 1.165) is 42.9 Å². The summed E-state index contributed by atoms with van der Waals surface area (Å²) in [6.45, 7) is 8.44. The first-order chi connectivity index (χ1) is 16.9. The second-order valence-corrected chi connectivity index (χ2v) is 12.2. The van der Waals surface area contributed by atoms with E-state index in [1.54, 1.807) is 0 Å². The Morgan fingerprint density at radius 1 is 0.914 bits per heavy atom. The second kappa shape index (κ2) is 9.35. The smallest absolute Gasteiger partial charge is 0.329 e. The van der Waals surface area contributed by atoms with Crippen LogP contribution in [0.4, 0.5) is 0 Å². The number of imidazole rings is 1. The van der Waals surface area contributed by atoms with Crippen LogP contribution in [0.5, 0.6) is 0 Å². The predicted molar refractivity (Wildman–Crippen MR) is 139 cm³/mol. The van der Waals surface area contributed by atoms with Crippen LogP contribution in [0.15, 0.2) is 29.1 Å². The minimum absolute atomic E-state index is 0.0952. The summed E-state index contributed by atoms with van der Waals surface area (Å²) in [6, 6.07) is 8.55. The number of aromatic nitrogens is 2. The van der Waals surface area contributed by atoms with Crippen LogP contribution >= 0.6 is 0 Å². The Kier molecular flexibility index (Phi) is 6.34. The molecule has 3 heterocycles. The molecule has 2 aliphatic heterocycles. The SMILES string of the molecule is CC1(C)OC[C@@H](Cn2c(=O)n(C3CCN(CC4CCCCC45CCCC5)CC3)c3ccccc32)O1. The van der Waals surface area contributed by atoms with E-state index >= 15 is 0 Å². The van der Waals surface area contributed by atoms with Crippen LogP contribution in [0.1, 0.15) is 84.1 Å². The molecule has 1 aromatic carbocycles. The number of ether oxygens (including phenoxy) is 2. The summed E-state index contributed by atoms with van der Waals surface area (Å²) in [7, 11) is 0. The third-order valence-electron chi connectivity index (χ3n) is 9.67. The van der Waals surface area contributed by atoms with Crippen LogP contribution in [0.25, 0.3) is 11.0 Å². The number of hydrogen-bond donors (Lipinski definition) is 0. The lowest BCUT2D eigenvalue weighted by Crippen LogP contribution is -2.44. The number of hydrogen-bond acceptors (Lipinski definition) is 4. The molecule has 0 amide bonds. The third kappa shape index (κ3) is 4.51.